The average molecular weight is 765 g/mol. The first-order chi connectivity index (χ1) is 25.9. The van der Waals surface area contributed by atoms with E-state index in [-0.39, 0.29) is 55.0 Å². The number of hydrogen-bond acceptors (Lipinski definition) is 8. The third-order valence-corrected chi connectivity index (χ3v) is 9.32. The Balaban J connectivity index is 1.79. The number of carbonyl (C=O) groups excluding carboxylic acids is 6. The zero-order valence-electron chi connectivity index (χ0n) is 34.4. The first-order valence-electron chi connectivity index (χ1n) is 19.6. The molecule has 4 amide bonds. The highest BCUT2D eigenvalue weighted by atomic mass is 16.5. The normalized spacial score (nSPS) is 12.2. The molecule has 0 heterocycles. The molecule has 55 heavy (non-hydrogen) atoms. The highest BCUT2D eigenvalue weighted by molar-refractivity contribution is 6.00. The molecule has 0 saturated heterocycles. The molecule has 2 aromatic rings. The van der Waals surface area contributed by atoms with Crippen LogP contribution in [0.2, 0.25) is 0 Å². The van der Waals surface area contributed by atoms with Gasteiger partial charge in [-0.3, -0.25) is 28.8 Å². The molecular weight excluding hydrogens is 700 g/mol. The molecule has 4 N–H and O–H groups in total. The Kier molecular flexibility index (Phi) is 19.2. The summed E-state index contributed by atoms with van der Waals surface area (Å²) in [5, 5.41) is 11.2. The van der Waals surface area contributed by atoms with E-state index in [1.807, 2.05) is 41.5 Å². The predicted molar refractivity (Wildman–Crippen MR) is 214 cm³/mol. The predicted octanol–water partition coefficient (Wildman–Crippen LogP) is 6.91. The number of rotatable bonds is 24. The van der Waals surface area contributed by atoms with Crippen LogP contribution in [0.15, 0.2) is 48.5 Å². The van der Waals surface area contributed by atoms with Crippen LogP contribution in [0.4, 0.5) is 5.69 Å². The summed E-state index contributed by atoms with van der Waals surface area (Å²) in [6.07, 6.45) is 4.94. The maximum absolute atomic E-state index is 13.1. The van der Waals surface area contributed by atoms with E-state index < -0.39 is 29.0 Å². The maximum atomic E-state index is 13.1. The standard InChI is InChI=1S/C43H64N4O8/c1-10-13-31(14-11-2)39(51)32-17-19-33(20-18-32)40(52)47-42(6,7)25-26-55-43(8,9)24-23-35(48)46-38(29(4)5)41(53)44-27-36(49)45-34-21-15-30(16-22-34)28-54-37(50)12-3/h15-22,29,31,38H,10-14,23-28H2,1-9H3,(H,44,53)(H,45,49)(H,46,48)(H,47,52). The molecule has 0 aliphatic heterocycles. The van der Waals surface area contributed by atoms with E-state index in [1.165, 1.54) is 0 Å². The third-order valence-electron chi connectivity index (χ3n) is 9.32. The van der Waals surface area contributed by atoms with Crippen molar-refractivity contribution in [1.82, 2.24) is 16.0 Å². The van der Waals surface area contributed by atoms with Crippen molar-refractivity contribution in [3.63, 3.8) is 0 Å². The lowest BCUT2D eigenvalue weighted by atomic mass is 9.89. The lowest BCUT2D eigenvalue weighted by Gasteiger charge is -2.30. The lowest BCUT2D eigenvalue weighted by molar-refractivity contribution is -0.144. The van der Waals surface area contributed by atoms with E-state index in [9.17, 15) is 28.8 Å². The summed E-state index contributed by atoms with van der Waals surface area (Å²) < 4.78 is 11.2. The van der Waals surface area contributed by atoms with Gasteiger partial charge in [-0.15, -0.1) is 0 Å². The SMILES string of the molecule is CCCC(CCC)C(=O)c1ccc(C(=O)NC(C)(C)CCOC(C)(C)CCC(=O)NC(C(=O)NCC(=O)Nc2ccc(COC(=O)CC)cc2)C(C)C)cc1. The van der Waals surface area contributed by atoms with Crippen molar-refractivity contribution in [3.05, 3.63) is 65.2 Å². The fourth-order valence-corrected chi connectivity index (χ4v) is 5.85. The van der Waals surface area contributed by atoms with Crippen molar-refractivity contribution in [2.75, 3.05) is 18.5 Å². The number of hydrogen-bond donors (Lipinski definition) is 4. The molecule has 0 aliphatic carbocycles. The molecule has 0 radical (unpaired) electrons. The summed E-state index contributed by atoms with van der Waals surface area (Å²) >= 11 is 0. The Labute approximate surface area is 327 Å². The summed E-state index contributed by atoms with van der Waals surface area (Å²) in [6, 6.07) is 12.9. The van der Waals surface area contributed by atoms with Crippen LogP contribution in [0.5, 0.6) is 0 Å². The Bertz CT molecular complexity index is 1560. The van der Waals surface area contributed by atoms with Crippen molar-refractivity contribution in [2.24, 2.45) is 11.8 Å². The number of ether oxygens (including phenoxy) is 2. The van der Waals surface area contributed by atoms with Gasteiger partial charge in [0.1, 0.15) is 12.6 Å². The Hall–Kier alpha value is -4.58. The van der Waals surface area contributed by atoms with Crippen molar-refractivity contribution < 1.29 is 38.2 Å². The van der Waals surface area contributed by atoms with Crippen LogP contribution < -0.4 is 21.3 Å². The van der Waals surface area contributed by atoms with Gasteiger partial charge in [0.05, 0.1) is 12.1 Å². The molecule has 12 nitrogen and oxygen atoms in total. The van der Waals surface area contributed by atoms with Crippen molar-refractivity contribution in [1.29, 1.82) is 0 Å². The minimum absolute atomic E-state index is 0.00654. The molecule has 304 valence electrons. The summed E-state index contributed by atoms with van der Waals surface area (Å²) in [5.41, 5.74) is 1.17. The van der Waals surface area contributed by atoms with Crippen LogP contribution in [-0.2, 0) is 35.3 Å². The Morgan fingerprint density at radius 2 is 1.36 bits per heavy atom. The van der Waals surface area contributed by atoms with Gasteiger partial charge >= 0.3 is 5.97 Å². The van der Waals surface area contributed by atoms with Crippen molar-refractivity contribution in [2.45, 2.75) is 137 Å². The van der Waals surface area contributed by atoms with Gasteiger partial charge in [-0.05, 0) is 89.1 Å². The average Bonchev–Trinajstić information content (AvgIpc) is 3.14. The Morgan fingerprint density at radius 1 is 0.764 bits per heavy atom. The minimum atomic E-state index is -0.838. The molecule has 0 aromatic heterocycles. The molecule has 2 rings (SSSR count). The molecule has 0 fully saturated rings. The smallest absolute Gasteiger partial charge is 0.305 e. The lowest BCUT2D eigenvalue weighted by Crippen LogP contribution is -2.51. The quantitative estimate of drug-likeness (QED) is 0.0661. The van der Waals surface area contributed by atoms with Crippen LogP contribution in [0.1, 0.15) is 140 Å². The number of Topliss-reactive ketones (excluding diaryl/α,β-unsaturated/α-hetero) is 1. The topological polar surface area (TPSA) is 169 Å². The maximum Gasteiger partial charge on any atom is 0.305 e. The number of carbonyl (C=O) groups is 6. The zero-order valence-corrected chi connectivity index (χ0v) is 34.4. The second-order valence-corrected chi connectivity index (χ2v) is 15.7. The van der Waals surface area contributed by atoms with Gasteiger partial charge in [-0.25, -0.2) is 0 Å². The fraction of sp³-hybridized carbons (Fsp3) is 0.581. The van der Waals surface area contributed by atoms with Crippen LogP contribution in [0, 0.1) is 11.8 Å². The molecule has 0 saturated carbocycles. The van der Waals surface area contributed by atoms with Gasteiger partial charge in [0, 0.05) is 47.7 Å². The van der Waals surface area contributed by atoms with Gasteiger partial charge in [0.15, 0.2) is 5.78 Å². The van der Waals surface area contributed by atoms with Gasteiger partial charge in [0.25, 0.3) is 5.91 Å². The number of amides is 4. The molecule has 12 heteroatoms. The minimum Gasteiger partial charge on any atom is -0.461 e. The molecular formula is C43H64N4O8. The van der Waals surface area contributed by atoms with Crippen LogP contribution in [0.25, 0.3) is 0 Å². The summed E-state index contributed by atoms with van der Waals surface area (Å²) in [6.45, 7) is 17.3. The molecule has 2 aromatic carbocycles. The molecule has 1 unspecified atom stereocenters. The molecule has 0 aliphatic rings. The number of esters is 1. The van der Waals surface area contributed by atoms with E-state index in [2.05, 4.69) is 35.1 Å². The van der Waals surface area contributed by atoms with Gasteiger partial charge in [0.2, 0.25) is 17.7 Å². The number of anilines is 1. The molecule has 0 spiro atoms. The second kappa shape index (κ2) is 22.7. The van der Waals surface area contributed by atoms with Crippen LogP contribution in [-0.4, -0.2) is 65.7 Å². The van der Waals surface area contributed by atoms with E-state index in [4.69, 9.17) is 9.47 Å². The fourth-order valence-electron chi connectivity index (χ4n) is 5.85. The van der Waals surface area contributed by atoms with Crippen LogP contribution in [0.3, 0.4) is 0 Å². The summed E-state index contributed by atoms with van der Waals surface area (Å²) in [5.74, 6) is -1.84. The summed E-state index contributed by atoms with van der Waals surface area (Å²) in [7, 11) is 0. The highest BCUT2D eigenvalue weighted by Crippen LogP contribution is 2.22. The van der Waals surface area contributed by atoms with E-state index >= 15 is 0 Å². The molecule has 0 bridgehead atoms. The van der Waals surface area contributed by atoms with Gasteiger partial charge in [-0.1, -0.05) is 71.7 Å². The van der Waals surface area contributed by atoms with Crippen LogP contribution >= 0.6 is 0 Å². The third kappa shape index (κ3) is 17.2. The number of ketones is 1. The van der Waals surface area contributed by atoms with Crippen molar-refractivity contribution >= 4 is 41.1 Å². The number of benzene rings is 2. The molecule has 1 atom stereocenters. The first-order valence-corrected chi connectivity index (χ1v) is 19.6. The van der Waals surface area contributed by atoms with E-state index in [1.54, 1.807) is 55.5 Å². The van der Waals surface area contributed by atoms with Crippen molar-refractivity contribution in [3.8, 4) is 0 Å². The first kappa shape index (κ1) is 46.6. The van der Waals surface area contributed by atoms with Gasteiger partial charge < -0.3 is 30.7 Å². The second-order valence-electron chi connectivity index (χ2n) is 15.7. The monoisotopic (exact) mass is 764 g/mol. The summed E-state index contributed by atoms with van der Waals surface area (Å²) in [4.78, 5) is 75.8. The Morgan fingerprint density at radius 3 is 1.93 bits per heavy atom. The zero-order chi connectivity index (χ0) is 41.2. The largest absolute Gasteiger partial charge is 0.461 e. The van der Waals surface area contributed by atoms with E-state index in [0.717, 1.165) is 31.2 Å². The highest BCUT2D eigenvalue weighted by Gasteiger charge is 2.28. The number of nitrogens with one attached hydrogen (secondary N) is 4. The van der Waals surface area contributed by atoms with E-state index in [0.29, 0.717) is 42.7 Å². The van der Waals surface area contributed by atoms with Gasteiger partial charge in [-0.2, -0.15) is 0 Å².